The summed E-state index contributed by atoms with van der Waals surface area (Å²) in [5.41, 5.74) is -0.285. The Labute approximate surface area is 246 Å². The van der Waals surface area contributed by atoms with Gasteiger partial charge in [0.1, 0.15) is 5.54 Å². The van der Waals surface area contributed by atoms with Crippen LogP contribution in [0.1, 0.15) is 53.8 Å². The maximum Gasteiger partial charge on any atom is 0.256 e. The van der Waals surface area contributed by atoms with Crippen LogP contribution in [-0.4, -0.2) is 88.5 Å². The number of anilines is 1. The zero-order valence-electron chi connectivity index (χ0n) is 19.9. The number of aliphatic hydroxyl groups excluding tert-OH is 4. The zero-order valence-corrected chi connectivity index (χ0v) is 26.4. The Bertz CT molecular complexity index is 972. The first-order valence-corrected chi connectivity index (χ1v) is 14.0. The van der Waals surface area contributed by atoms with Crippen LogP contribution >= 0.6 is 67.8 Å². The first-order valence-electron chi connectivity index (χ1n) is 10.8. The first-order chi connectivity index (χ1) is 16.4. The van der Waals surface area contributed by atoms with Gasteiger partial charge >= 0.3 is 0 Å². The van der Waals surface area contributed by atoms with E-state index in [1.165, 1.54) is 11.8 Å². The average Bonchev–Trinajstić information content (AvgIpc) is 2.79. The number of nitrogens with zero attached hydrogens (tertiary/aromatic N) is 2. The normalized spacial score (nSPS) is 11.4. The summed E-state index contributed by atoms with van der Waals surface area (Å²) in [5.74, 6) is -1.27. The molecule has 2 amide bonds. The predicted molar refractivity (Wildman–Crippen MR) is 159 cm³/mol. The Balaban J connectivity index is 3.98. The molecule has 0 aromatic heterocycles. The van der Waals surface area contributed by atoms with Crippen molar-refractivity contribution in [1.29, 1.82) is 0 Å². The SMILES string of the molecule is C=C(CCC)CC(=O)c1c(I)c(C(=O)N(CCO)C(CO)(CO)CO)c(I)c(N(C)C(C)=O)c1I. The number of ketones is 1. The maximum absolute atomic E-state index is 13.9. The van der Waals surface area contributed by atoms with Crippen LogP contribution in [0.5, 0.6) is 0 Å². The van der Waals surface area contributed by atoms with E-state index in [0.29, 0.717) is 22.8 Å². The Morgan fingerprint density at radius 1 is 0.943 bits per heavy atom. The lowest BCUT2D eigenvalue weighted by Crippen LogP contribution is -2.60. The topological polar surface area (TPSA) is 139 Å². The standard InChI is InChI=1S/C23H31I3N2O7/c1-5-6-13(2)9-15(34)16-18(24)17(20(26)21(19(16)25)27(4)14(3)33)22(35)28(7-8-29)23(10-30,11-31)12-32/h29-32H,2,5-12H2,1,3-4H3. The van der Waals surface area contributed by atoms with Crippen molar-refractivity contribution in [3.05, 3.63) is 34.0 Å². The van der Waals surface area contributed by atoms with Gasteiger partial charge in [0, 0.05) is 39.6 Å². The summed E-state index contributed by atoms with van der Waals surface area (Å²) in [4.78, 5) is 41.9. The van der Waals surface area contributed by atoms with Crippen LogP contribution in [0.3, 0.4) is 0 Å². The van der Waals surface area contributed by atoms with Gasteiger partial charge in [-0.3, -0.25) is 14.4 Å². The zero-order chi connectivity index (χ0) is 27.1. The third-order valence-corrected chi connectivity index (χ3v) is 8.81. The Kier molecular flexibility index (Phi) is 13.5. The molecule has 35 heavy (non-hydrogen) atoms. The quantitative estimate of drug-likeness (QED) is 0.136. The predicted octanol–water partition coefficient (Wildman–Crippen LogP) is 2.56. The van der Waals surface area contributed by atoms with Crippen molar-refractivity contribution in [2.45, 2.75) is 38.6 Å². The third kappa shape index (κ3) is 7.13. The highest BCUT2D eigenvalue weighted by atomic mass is 127. The molecular formula is C23H31I3N2O7. The van der Waals surface area contributed by atoms with E-state index in [1.807, 2.05) is 74.7 Å². The molecule has 1 aromatic carbocycles. The number of hydrogen-bond donors (Lipinski definition) is 4. The molecule has 0 unspecified atom stereocenters. The second-order valence-electron chi connectivity index (χ2n) is 8.10. The third-order valence-electron chi connectivity index (χ3n) is 5.63. The molecule has 196 valence electrons. The fourth-order valence-electron chi connectivity index (χ4n) is 3.49. The van der Waals surface area contributed by atoms with E-state index >= 15 is 0 Å². The number of amides is 2. The Morgan fingerprint density at radius 2 is 1.46 bits per heavy atom. The number of hydrogen-bond acceptors (Lipinski definition) is 7. The molecule has 0 heterocycles. The molecule has 0 spiro atoms. The second kappa shape index (κ2) is 14.5. The molecule has 0 aliphatic heterocycles. The fraction of sp³-hybridized carbons (Fsp3) is 0.522. The number of benzene rings is 1. The fourth-order valence-corrected chi connectivity index (χ4v) is 8.44. The molecule has 0 atom stereocenters. The molecule has 1 aromatic rings. The van der Waals surface area contributed by atoms with Crippen LogP contribution in [0.25, 0.3) is 0 Å². The van der Waals surface area contributed by atoms with Gasteiger partial charge in [-0.05, 0) is 74.2 Å². The molecule has 0 fully saturated rings. The van der Waals surface area contributed by atoms with Crippen LogP contribution in [-0.2, 0) is 4.79 Å². The number of Topliss-reactive ketones (excluding diaryl/α,β-unsaturated/α-hetero) is 1. The summed E-state index contributed by atoms with van der Waals surface area (Å²) in [7, 11) is 1.54. The van der Waals surface area contributed by atoms with E-state index < -0.39 is 37.9 Å². The van der Waals surface area contributed by atoms with Crippen molar-refractivity contribution in [3.8, 4) is 0 Å². The number of halogens is 3. The van der Waals surface area contributed by atoms with Gasteiger partial charge in [0.15, 0.2) is 5.78 Å². The number of carbonyl (C=O) groups excluding carboxylic acids is 3. The lowest BCUT2D eigenvalue weighted by Gasteiger charge is -2.40. The Morgan fingerprint density at radius 3 is 1.89 bits per heavy atom. The molecule has 0 aliphatic rings. The monoisotopic (exact) mass is 828 g/mol. The first kappa shape index (κ1) is 32.6. The number of β-amino-alcohol motifs (C(OH)–C–C–N with tert-alkyl or cyclic N) is 1. The van der Waals surface area contributed by atoms with E-state index in [0.717, 1.165) is 16.9 Å². The van der Waals surface area contributed by atoms with Gasteiger partial charge in [0.05, 0.1) is 41.2 Å². The smallest absolute Gasteiger partial charge is 0.256 e. The van der Waals surface area contributed by atoms with E-state index in [4.69, 9.17) is 0 Å². The number of allylic oxidation sites excluding steroid dienone is 1. The maximum atomic E-state index is 13.9. The average molecular weight is 828 g/mol. The highest BCUT2D eigenvalue weighted by Crippen LogP contribution is 2.39. The van der Waals surface area contributed by atoms with Gasteiger partial charge in [0.2, 0.25) is 5.91 Å². The van der Waals surface area contributed by atoms with E-state index in [2.05, 4.69) is 6.58 Å². The van der Waals surface area contributed by atoms with Gasteiger partial charge in [-0.1, -0.05) is 25.5 Å². The highest BCUT2D eigenvalue weighted by molar-refractivity contribution is 14.1. The van der Waals surface area contributed by atoms with Gasteiger partial charge in [0.25, 0.3) is 5.91 Å². The molecular weight excluding hydrogens is 797 g/mol. The van der Waals surface area contributed by atoms with E-state index in [9.17, 15) is 34.8 Å². The molecule has 0 aliphatic carbocycles. The van der Waals surface area contributed by atoms with Crippen molar-refractivity contribution in [1.82, 2.24) is 4.90 Å². The second-order valence-corrected chi connectivity index (χ2v) is 11.3. The highest BCUT2D eigenvalue weighted by Gasteiger charge is 2.41. The minimum Gasteiger partial charge on any atom is -0.395 e. The van der Waals surface area contributed by atoms with Gasteiger partial charge in [-0.2, -0.15) is 0 Å². The van der Waals surface area contributed by atoms with Crippen LogP contribution < -0.4 is 4.90 Å². The lowest BCUT2D eigenvalue weighted by atomic mass is 9.96. The Hall–Kier alpha value is -0.400. The molecule has 0 bridgehead atoms. The molecule has 0 radical (unpaired) electrons. The van der Waals surface area contributed by atoms with Crippen LogP contribution in [0.15, 0.2) is 12.2 Å². The number of rotatable bonds is 13. The van der Waals surface area contributed by atoms with Crippen molar-refractivity contribution in [2.24, 2.45) is 0 Å². The minimum absolute atomic E-state index is 0.0749. The molecule has 0 saturated heterocycles. The summed E-state index contributed by atoms with van der Waals surface area (Å²) in [6.07, 6.45) is 1.58. The molecule has 9 nitrogen and oxygen atoms in total. The summed E-state index contributed by atoms with van der Waals surface area (Å²) < 4.78 is 1.22. The van der Waals surface area contributed by atoms with E-state index in [1.54, 1.807) is 7.05 Å². The summed E-state index contributed by atoms with van der Waals surface area (Å²) in [6, 6.07) is 0. The lowest BCUT2D eigenvalue weighted by molar-refractivity contribution is -0.116. The number of carbonyl (C=O) groups is 3. The van der Waals surface area contributed by atoms with Crippen molar-refractivity contribution >= 4 is 91.1 Å². The van der Waals surface area contributed by atoms with Crippen molar-refractivity contribution < 1.29 is 34.8 Å². The largest absolute Gasteiger partial charge is 0.395 e. The van der Waals surface area contributed by atoms with Crippen molar-refractivity contribution in [3.63, 3.8) is 0 Å². The molecule has 4 N–H and O–H groups in total. The van der Waals surface area contributed by atoms with E-state index in [-0.39, 0.29) is 35.8 Å². The summed E-state index contributed by atoms with van der Waals surface area (Å²) in [5, 5.41) is 39.4. The summed E-state index contributed by atoms with van der Waals surface area (Å²) in [6.45, 7) is 4.27. The van der Waals surface area contributed by atoms with Gasteiger partial charge in [-0.25, -0.2) is 0 Å². The van der Waals surface area contributed by atoms with Gasteiger partial charge in [-0.15, -0.1) is 0 Å². The minimum atomic E-state index is -1.75. The molecule has 0 saturated carbocycles. The molecule has 12 heteroatoms. The van der Waals surface area contributed by atoms with Crippen LogP contribution in [0.4, 0.5) is 5.69 Å². The summed E-state index contributed by atoms with van der Waals surface area (Å²) >= 11 is 5.84. The van der Waals surface area contributed by atoms with Gasteiger partial charge < -0.3 is 30.2 Å². The van der Waals surface area contributed by atoms with Crippen LogP contribution in [0.2, 0.25) is 0 Å². The molecule has 1 rings (SSSR count). The number of aliphatic hydroxyl groups is 4. The van der Waals surface area contributed by atoms with Crippen molar-refractivity contribution in [2.75, 3.05) is 44.9 Å². The van der Waals surface area contributed by atoms with Crippen LogP contribution in [0, 0.1) is 10.7 Å².